The molecule has 0 saturated carbocycles. The summed E-state index contributed by atoms with van der Waals surface area (Å²) in [5, 5.41) is 13.4. The van der Waals surface area contributed by atoms with Gasteiger partial charge in [-0.1, -0.05) is 11.6 Å². The fraction of sp³-hybridized carbons (Fsp3) is 0.211. The third kappa shape index (κ3) is 4.82. The second kappa shape index (κ2) is 8.04. The second-order valence-electron chi connectivity index (χ2n) is 6.27. The van der Waals surface area contributed by atoms with Crippen LogP contribution in [0.4, 0.5) is 0 Å². The van der Waals surface area contributed by atoms with Crippen molar-refractivity contribution in [3.63, 3.8) is 0 Å². The predicted octanol–water partition coefficient (Wildman–Crippen LogP) is 4.14. The average molecular weight is 404 g/mol. The average Bonchev–Trinajstić information content (AvgIpc) is 3.02. The highest BCUT2D eigenvalue weighted by atomic mass is 35.5. The molecule has 0 radical (unpaired) electrons. The monoisotopic (exact) mass is 403 g/mol. The van der Waals surface area contributed by atoms with Gasteiger partial charge in [0, 0.05) is 22.1 Å². The van der Waals surface area contributed by atoms with Crippen molar-refractivity contribution in [3.05, 3.63) is 69.3 Å². The van der Waals surface area contributed by atoms with Gasteiger partial charge in [-0.2, -0.15) is 0 Å². The van der Waals surface area contributed by atoms with Crippen LogP contribution in [0, 0.1) is 0 Å². The van der Waals surface area contributed by atoms with Gasteiger partial charge in [0.2, 0.25) is 5.88 Å². The Morgan fingerprint density at radius 3 is 2.78 bits per heavy atom. The normalized spacial score (nSPS) is 11.3. The summed E-state index contributed by atoms with van der Waals surface area (Å²) in [5.41, 5.74) is -0.679. The van der Waals surface area contributed by atoms with Gasteiger partial charge in [-0.15, -0.1) is 11.3 Å². The molecule has 27 heavy (non-hydrogen) atoms. The largest absolute Gasteiger partial charge is 0.437 e. The van der Waals surface area contributed by atoms with E-state index in [1.54, 1.807) is 62.8 Å². The third-order valence-corrected chi connectivity index (χ3v) is 5.53. The van der Waals surface area contributed by atoms with Gasteiger partial charge < -0.3 is 15.2 Å². The standard InChI is InChI=1S/C19H18ClN3O3S/c1-19(2,25)16-9-14(20)15(27-16)11-23-17(24)13-6-4-8-22-18(13)26-12-5-3-7-21-10-12/h3-10,25H,11H2,1-2H3,(H,23,24). The molecule has 3 aromatic rings. The molecule has 0 unspecified atom stereocenters. The van der Waals surface area contributed by atoms with Crippen molar-refractivity contribution in [2.75, 3.05) is 0 Å². The Hall–Kier alpha value is -2.48. The van der Waals surface area contributed by atoms with Gasteiger partial charge in [-0.25, -0.2) is 4.98 Å². The number of aromatic nitrogens is 2. The number of carbonyl (C=O) groups excluding carboxylic acids is 1. The molecule has 140 valence electrons. The lowest BCUT2D eigenvalue weighted by atomic mass is 10.1. The summed E-state index contributed by atoms with van der Waals surface area (Å²) >= 11 is 7.58. The van der Waals surface area contributed by atoms with E-state index in [0.29, 0.717) is 16.3 Å². The maximum absolute atomic E-state index is 12.6. The number of hydrogen-bond donors (Lipinski definition) is 2. The molecular formula is C19H18ClN3O3S. The van der Waals surface area contributed by atoms with Gasteiger partial charge in [-0.05, 0) is 44.2 Å². The van der Waals surface area contributed by atoms with Crippen LogP contribution in [0.3, 0.4) is 0 Å². The van der Waals surface area contributed by atoms with Crippen LogP contribution in [0.15, 0.2) is 48.9 Å². The number of pyridine rings is 2. The molecule has 0 bridgehead atoms. The topological polar surface area (TPSA) is 84.3 Å². The molecule has 3 rings (SSSR count). The molecule has 6 nitrogen and oxygen atoms in total. The number of amides is 1. The maximum atomic E-state index is 12.6. The molecule has 0 aliphatic rings. The lowest BCUT2D eigenvalue weighted by Gasteiger charge is -2.14. The summed E-state index contributed by atoms with van der Waals surface area (Å²) in [7, 11) is 0. The van der Waals surface area contributed by atoms with Crippen molar-refractivity contribution in [1.29, 1.82) is 0 Å². The SMILES string of the molecule is CC(C)(O)c1cc(Cl)c(CNC(=O)c2cccnc2Oc2cccnc2)s1. The van der Waals surface area contributed by atoms with Crippen LogP contribution < -0.4 is 10.1 Å². The van der Waals surface area contributed by atoms with Crippen LogP contribution in [-0.4, -0.2) is 21.0 Å². The Kier molecular flexibility index (Phi) is 5.74. The minimum Gasteiger partial charge on any atom is -0.437 e. The van der Waals surface area contributed by atoms with Crippen LogP contribution >= 0.6 is 22.9 Å². The zero-order valence-electron chi connectivity index (χ0n) is 14.8. The van der Waals surface area contributed by atoms with Crippen molar-refractivity contribution in [1.82, 2.24) is 15.3 Å². The van der Waals surface area contributed by atoms with E-state index < -0.39 is 5.60 Å². The van der Waals surface area contributed by atoms with E-state index in [2.05, 4.69) is 15.3 Å². The zero-order valence-corrected chi connectivity index (χ0v) is 16.3. The molecular weight excluding hydrogens is 386 g/mol. The predicted molar refractivity (Wildman–Crippen MR) is 104 cm³/mol. The van der Waals surface area contributed by atoms with Crippen LogP contribution in [0.5, 0.6) is 11.6 Å². The molecule has 3 aromatic heterocycles. The fourth-order valence-electron chi connectivity index (χ4n) is 2.25. The third-order valence-electron chi connectivity index (χ3n) is 3.63. The van der Waals surface area contributed by atoms with Crippen molar-refractivity contribution in [3.8, 4) is 11.6 Å². The van der Waals surface area contributed by atoms with Gasteiger partial charge in [0.1, 0.15) is 11.3 Å². The van der Waals surface area contributed by atoms with Crippen LogP contribution in [0.1, 0.15) is 34.0 Å². The minimum absolute atomic E-state index is 0.192. The highest BCUT2D eigenvalue weighted by Crippen LogP contribution is 2.34. The van der Waals surface area contributed by atoms with Crippen LogP contribution in [0.2, 0.25) is 5.02 Å². The number of thiophene rings is 1. The van der Waals surface area contributed by atoms with Crippen molar-refractivity contribution in [2.24, 2.45) is 0 Å². The number of aliphatic hydroxyl groups is 1. The van der Waals surface area contributed by atoms with Gasteiger partial charge in [0.25, 0.3) is 5.91 Å². The first kappa shape index (κ1) is 19.3. The second-order valence-corrected chi connectivity index (χ2v) is 7.81. The van der Waals surface area contributed by atoms with E-state index in [1.165, 1.54) is 11.3 Å². The van der Waals surface area contributed by atoms with Crippen molar-refractivity contribution in [2.45, 2.75) is 26.0 Å². The van der Waals surface area contributed by atoms with Crippen LogP contribution in [-0.2, 0) is 12.1 Å². The quantitative estimate of drug-likeness (QED) is 0.646. The van der Waals surface area contributed by atoms with E-state index >= 15 is 0 Å². The van der Waals surface area contributed by atoms with Gasteiger partial charge in [0.15, 0.2) is 0 Å². The van der Waals surface area contributed by atoms with E-state index in [-0.39, 0.29) is 18.3 Å². The van der Waals surface area contributed by atoms with Gasteiger partial charge in [-0.3, -0.25) is 9.78 Å². The molecule has 0 fully saturated rings. The lowest BCUT2D eigenvalue weighted by molar-refractivity contribution is 0.0825. The number of hydrogen-bond acceptors (Lipinski definition) is 6. The minimum atomic E-state index is -0.982. The molecule has 0 aliphatic heterocycles. The van der Waals surface area contributed by atoms with Crippen LogP contribution in [0.25, 0.3) is 0 Å². The Morgan fingerprint density at radius 2 is 2.11 bits per heavy atom. The summed E-state index contributed by atoms with van der Waals surface area (Å²) in [6.07, 6.45) is 4.72. The smallest absolute Gasteiger partial charge is 0.257 e. The highest BCUT2D eigenvalue weighted by Gasteiger charge is 2.21. The molecule has 0 saturated heterocycles. The number of halogens is 1. The van der Waals surface area contributed by atoms with E-state index in [0.717, 1.165) is 9.75 Å². The van der Waals surface area contributed by atoms with Gasteiger partial charge in [0.05, 0.1) is 23.4 Å². The number of nitrogens with one attached hydrogen (secondary N) is 1. The summed E-state index contributed by atoms with van der Waals surface area (Å²) in [4.78, 5) is 22.2. The van der Waals surface area contributed by atoms with Gasteiger partial charge >= 0.3 is 0 Å². The number of ether oxygens (including phenoxy) is 1. The highest BCUT2D eigenvalue weighted by molar-refractivity contribution is 7.12. The Balaban J connectivity index is 1.73. The van der Waals surface area contributed by atoms with Crippen molar-refractivity contribution < 1.29 is 14.6 Å². The zero-order chi connectivity index (χ0) is 19.4. The van der Waals surface area contributed by atoms with E-state index in [9.17, 15) is 9.90 Å². The summed E-state index contributed by atoms with van der Waals surface area (Å²) < 4.78 is 5.66. The maximum Gasteiger partial charge on any atom is 0.257 e. The number of nitrogens with zero attached hydrogens (tertiary/aromatic N) is 2. The molecule has 0 aromatic carbocycles. The summed E-state index contributed by atoms with van der Waals surface area (Å²) in [5.74, 6) is 0.343. The molecule has 1 amide bonds. The van der Waals surface area contributed by atoms with E-state index in [1.807, 2.05) is 0 Å². The number of rotatable bonds is 6. The molecule has 0 atom stereocenters. The van der Waals surface area contributed by atoms with Crippen molar-refractivity contribution >= 4 is 28.8 Å². The first-order chi connectivity index (χ1) is 12.8. The Bertz CT molecular complexity index is 939. The summed E-state index contributed by atoms with van der Waals surface area (Å²) in [6, 6.07) is 8.47. The Morgan fingerprint density at radius 1 is 1.33 bits per heavy atom. The van der Waals surface area contributed by atoms with E-state index in [4.69, 9.17) is 16.3 Å². The summed E-state index contributed by atoms with van der Waals surface area (Å²) in [6.45, 7) is 3.62. The first-order valence-electron chi connectivity index (χ1n) is 8.17. The Labute approximate surface area is 165 Å². The first-order valence-corrected chi connectivity index (χ1v) is 9.36. The number of carbonyl (C=O) groups is 1. The molecule has 0 spiro atoms. The molecule has 8 heteroatoms. The molecule has 2 N–H and O–H groups in total. The fourth-order valence-corrected chi connectivity index (χ4v) is 3.60. The lowest BCUT2D eigenvalue weighted by Crippen LogP contribution is -2.23. The molecule has 0 aliphatic carbocycles. The molecule has 3 heterocycles.